The van der Waals surface area contributed by atoms with E-state index < -0.39 is 10.0 Å². The fourth-order valence-electron chi connectivity index (χ4n) is 4.48. The van der Waals surface area contributed by atoms with E-state index in [0.29, 0.717) is 25.2 Å². The molecule has 0 bridgehead atoms. The number of sulfonamides is 1. The van der Waals surface area contributed by atoms with Crippen LogP contribution in [0.2, 0.25) is 0 Å². The van der Waals surface area contributed by atoms with E-state index in [4.69, 9.17) is 0 Å². The first-order valence-electron chi connectivity index (χ1n) is 11.9. The molecule has 0 aliphatic carbocycles. The van der Waals surface area contributed by atoms with Gasteiger partial charge in [-0.3, -0.25) is 4.79 Å². The molecule has 3 heterocycles. The Hall–Kier alpha value is -2.45. The number of aryl methyl sites for hydroxylation is 1. The van der Waals surface area contributed by atoms with Gasteiger partial charge in [-0.05, 0) is 67.9 Å². The van der Waals surface area contributed by atoms with Gasteiger partial charge in [0.05, 0.1) is 4.90 Å². The number of benzene rings is 1. The fourth-order valence-corrected chi connectivity index (χ4v) is 6.03. The van der Waals surface area contributed by atoms with E-state index in [1.165, 1.54) is 23.2 Å². The highest BCUT2D eigenvalue weighted by molar-refractivity contribution is 7.89. The third-order valence-corrected chi connectivity index (χ3v) is 8.67. The summed E-state index contributed by atoms with van der Waals surface area (Å²) >= 11 is 0. The maximum Gasteiger partial charge on any atom is 0.251 e. The van der Waals surface area contributed by atoms with Crippen molar-refractivity contribution in [3.05, 3.63) is 53.2 Å². The quantitative estimate of drug-likeness (QED) is 0.696. The minimum Gasteiger partial charge on any atom is -0.357 e. The number of carbonyl (C=O) groups excluding carboxylic acids is 1. The lowest BCUT2D eigenvalue weighted by molar-refractivity contribution is 0.0950. The lowest BCUT2D eigenvalue weighted by Gasteiger charge is -2.31. The second-order valence-corrected chi connectivity index (χ2v) is 11.3. The number of carbonyl (C=O) groups is 1. The highest BCUT2D eigenvalue weighted by atomic mass is 32.2. The molecule has 4 rings (SSSR count). The maximum atomic E-state index is 13.0. The Kier molecular flexibility index (Phi) is 7.34. The van der Waals surface area contributed by atoms with Crippen LogP contribution in [0.4, 0.5) is 5.82 Å². The second kappa shape index (κ2) is 10.2. The largest absolute Gasteiger partial charge is 0.357 e. The number of anilines is 1. The van der Waals surface area contributed by atoms with Crippen LogP contribution in [0.15, 0.2) is 41.4 Å². The van der Waals surface area contributed by atoms with E-state index >= 15 is 0 Å². The van der Waals surface area contributed by atoms with Gasteiger partial charge in [-0.1, -0.05) is 25.5 Å². The highest BCUT2D eigenvalue weighted by Gasteiger charge is 2.27. The van der Waals surface area contributed by atoms with E-state index in [2.05, 4.69) is 22.1 Å². The second-order valence-electron chi connectivity index (χ2n) is 9.32. The normalized spacial score (nSPS) is 18.3. The number of rotatable bonds is 6. The van der Waals surface area contributed by atoms with Gasteiger partial charge >= 0.3 is 0 Å². The van der Waals surface area contributed by atoms with Crippen LogP contribution in [0.3, 0.4) is 0 Å². The molecular weight excluding hydrogens is 436 g/mol. The lowest BCUT2D eigenvalue weighted by atomic mass is 9.99. The van der Waals surface area contributed by atoms with E-state index in [1.807, 2.05) is 19.1 Å². The molecule has 0 saturated carbocycles. The fraction of sp³-hybridized carbons (Fsp3) is 0.520. The van der Waals surface area contributed by atoms with Crippen LogP contribution in [0, 0.1) is 12.8 Å². The van der Waals surface area contributed by atoms with Crippen LogP contribution in [-0.4, -0.2) is 49.8 Å². The van der Waals surface area contributed by atoms with Crippen molar-refractivity contribution < 1.29 is 13.2 Å². The molecule has 1 amide bonds. The minimum absolute atomic E-state index is 0.182. The molecule has 0 spiro atoms. The van der Waals surface area contributed by atoms with Crippen LogP contribution in [0.1, 0.15) is 60.5 Å². The Labute approximate surface area is 197 Å². The SMILES string of the molecule is Cc1ccc(S(=O)(=O)N2CCCCC2)cc1C(=O)NCc1ccc(N2CCC(C)CC2)nc1. The molecule has 2 aliphatic rings. The average molecular weight is 471 g/mol. The summed E-state index contributed by atoms with van der Waals surface area (Å²) < 4.78 is 27.6. The molecule has 8 heteroatoms. The topological polar surface area (TPSA) is 82.6 Å². The molecule has 2 aromatic rings. The standard InChI is InChI=1S/C25H34N4O3S/c1-19-10-14-28(15-11-19)24-9-7-21(17-26-24)18-27-25(30)23-16-22(8-6-20(23)2)33(31,32)29-12-4-3-5-13-29/h6-9,16-17,19H,3-5,10-15,18H2,1-2H3,(H,27,30). The molecular formula is C25H34N4O3S. The molecule has 2 saturated heterocycles. The van der Waals surface area contributed by atoms with Gasteiger partial charge in [-0.2, -0.15) is 4.31 Å². The zero-order chi connectivity index (χ0) is 23.4. The summed E-state index contributed by atoms with van der Waals surface area (Å²) in [6.45, 7) is 7.58. The van der Waals surface area contributed by atoms with Crippen molar-refractivity contribution in [2.45, 2.75) is 57.4 Å². The van der Waals surface area contributed by atoms with Crippen LogP contribution >= 0.6 is 0 Å². The van der Waals surface area contributed by atoms with Crippen molar-refractivity contribution in [3.8, 4) is 0 Å². The highest BCUT2D eigenvalue weighted by Crippen LogP contribution is 2.24. The summed E-state index contributed by atoms with van der Waals surface area (Å²) in [6.07, 6.45) is 6.99. The number of hydrogen-bond donors (Lipinski definition) is 1. The smallest absolute Gasteiger partial charge is 0.251 e. The van der Waals surface area contributed by atoms with Crippen molar-refractivity contribution in [1.29, 1.82) is 0 Å². The van der Waals surface area contributed by atoms with E-state index in [1.54, 1.807) is 18.3 Å². The Morgan fingerprint density at radius 1 is 1.06 bits per heavy atom. The van der Waals surface area contributed by atoms with Gasteiger partial charge in [0, 0.05) is 44.5 Å². The molecule has 178 valence electrons. The Morgan fingerprint density at radius 2 is 1.79 bits per heavy atom. The average Bonchev–Trinajstić information content (AvgIpc) is 2.84. The Bertz CT molecular complexity index is 1070. The third-order valence-electron chi connectivity index (χ3n) is 6.78. The summed E-state index contributed by atoms with van der Waals surface area (Å²) in [7, 11) is -3.58. The minimum atomic E-state index is -3.58. The molecule has 0 radical (unpaired) electrons. The van der Waals surface area contributed by atoms with Crippen LogP contribution in [-0.2, 0) is 16.6 Å². The zero-order valence-electron chi connectivity index (χ0n) is 19.6. The summed E-state index contributed by atoms with van der Waals surface area (Å²) in [4.78, 5) is 20.0. The van der Waals surface area contributed by atoms with Crippen molar-refractivity contribution in [2.24, 2.45) is 5.92 Å². The molecule has 0 atom stereocenters. The van der Waals surface area contributed by atoms with Gasteiger partial charge in [-0.25, -0.2) is 13.4 Å². The van der Waals surface area contributed by atoms with Crippen molar-refractivity contribution >= 4 is 21.7 Å². The first-order chi connectivity index (χ1) is 15.8. The Balaban J connectivity index is 1.40. The summed E-state index contributed by atoms with van der Waals surface area (Å²) in [5, 5.41) is 2.92. The van der Waals surface area contributed by atoms with Gasteiger partial charge in [0.25, 0.3) is 5.91 Å². The maximum absolute atomic E-state index is 13.0. The van der Waals surface area contributed by atoms with Gasteiger partial charge in [0.2, 0.25) is 10.0 Å². The number of pyridine rings is 1. The first-order valence-corrected chi connectivity index (χ1v) is 13.4. The molecule has 2 fully saturated rings. The summed E-state index contributed by atoms with van der Waals surface area (Å²) in [6, 6.07) is 8.81. The van der Waals surface area contributed by atoms with E-state index in [-0.39, 0.29) is 10.8 Å². The number of nitrogens with zero attached hydrogens (tertiary/aromatic N) is 3. The predicted octanol–water partition coefficient (Wildman–Crippen LogP) is 3.73. The molecule has 1 aromatic carbocycles. The molecule has 2 aliphatic heterocycles. The number of piperidine rings is 2. The van der Waals surface area contributed by atoms with Crippen molar-refractivity contribution in [1.82, 2.24) is 14.6 Å². The predicted molar refractivity (Wildman–Crippen MR) is 130 cm³/mol. The molecule has 0 unspecified atom stereocenters. The van der Waals surface area contributed by atoms with Crippen LogP contribution in [0.25, 0.3) is 0 Å². The third kappa shape index (κ3) is 5.55. The molecule has 33 heavy (non-hydrogen) atoms. The molecule has 1 aromatic heterocycles. The number of amides is 1. The van der Waals surface area contributed by atoms with Crippen molar-refractivity contribution in [2.75, 3.05) is 31.1 Å². The van der Waals surface area contributed by atoms with Crippen molar-refractivity contribution in [3.63, 3.8) is 0 Å². The zero-order valence-corrected chi connectivity index (χ0v) is 20.4. The lowest BCUT2D eigenvalue weighted by Crippen LogP contribution is -2.35. The van der Waals surface area contributed by atoms with Gasteiger partial charge < -0.3 is 10.2 Å². The van der Waals surface area contributed by atoms with Gasteiger partial charge in [0.15, 0.2) is 0 Å². The first kappa shape index (κ1) is 23.7. The monoisotopic (exact) mass is 470 g/mol. The van der Waals surface area contributed by atoms with Crippen LogP contribution in [0.5, 0.6) is 0 Å². The van der Waals surface area contributed by atoms with E-state index in [0.717, 1.165) is 55.2 Å². The number of nitrogens with one attached hydrogen (secondary N) is 1. The number of hydrogen-bond acceptors (Lipinski definition) is 5. The summed E-state index contributed by atoms with van der Waals surface area (Å²) in [5.74, 6) is 1.47. The molecule has 1 N–H and O–H groups in total. The summed E-state index contributed by atoms with van der Waals surface area (Å²) in [5.41, 5.74) is 2.05. The van der Waals surface area contributed by atoms with Crippen LogP contribution < -0.4 is 10.2 Å². The van der Waals surface area contributed by atoms with Gasteiger partial charge in [0.1, 0.15) is 5.82 Å². The van der Waals surface area contributed by atoms with E-state index in [9.17, 15) is 13.2 Å². The van der Waals surface area contributed by atoms with Gasteiger partial charge in [-0.15, -0.1) is 0 Å². The molecule has 7 nitrogen and oxygen atoms in total. The Morgan fingerprint density at radius 3 is 2.45 bits per heavy atom. The number of aromatic nitrogens is 1.